The summed E-state index contributed by atoms with van der Waals surface area (Å²) in [6, 6.07) is 2.75. The molecule has 0 saturated carbocycles. The Morgan fingerprint density at radius 2 is 2.10 bits per heavy atom. The molecule has 1 rings (SSSR count). The van der Waals surface area contributed by atoms with E-state index >= 15 is 0 Å². The first-order chi connectivity index (χ1) is 4.61. The van der Waals surface area contributed by atoms with Gasteiger partial charge in [-0.25, -0.2) is 4.39 Å². The van der Waals surface area contributed by atoms with Gasteiger partial charge in [0, 0.05) is 9.37 Å². The van der Waals surface area contributed by atoms with E-state index in [1.54, 1.807) is 0 Å². The highest BCUT2D eigenvalue weighted by molar-refractivity contribution is 9.10. The Labute approximate surface area is 72.0 Å². The third-order valence-electron chi connectivity index (χ3n) is 1.07. The van der Waals surface area contributed by atoms with Gasteiger partial charge in [0.05, 0.1) is 5.69 Å². The molecule has 0 bridgehead atoms. The van der Waals surface area contributed by atoms with Crippen LogP contribution in [0.5, 0.6) is 0 Å². The molecule has 1 aromatic carbocycles. The zero-order valence-electron chi connectivity index (χ0n) is 4.94. The largest absolute Gasteiger partial charge is 0.396 e. The van der Waals surface area contributed by atoms with Crippen LogP contribution in [0.15, 0.2) is 21.5 Å². The molecule has 0 saturated heterocycles. The van der Waals surface area contributed by atoms with Crippen molar-refractivity contribution in [2.24, 2.45) is 0 Å². The minimum atomic E-state index is -0.437. The van der Waals surface area contributed by atoms with E-state index in [1.807, 2.05) is 0 Å². The Bertz CT molecular complexity index is 214. The van der Waals surface area contributed by atoms with E-state index in [1.165, 1.54) is 12.1 Å². The molecule has 2 N–H and O–H groups in total. The third-order valence-corrected chi connectivity index (χ3v) is 2.40. The van der Waals surface area contributed by atoms with Crippen LogP contribution in [0.25, 0.3) is 0 Å². The average Bonchev–Trinajstić information content (AvgIpc) is 1.84. The van der Waals surface area contributed by atoms with Gasteiger partial charge in [-0.3, -0.25) is 0 Å². The van der Waals surface area contributed by atoms with Crippen LogP contribution in [0, 0.1) is 5.82 Å². The lowest BCUT2D eigenvalue weighted by Gasteiger charge is -1.99. The molecular weight excluding hydrogens is 217 g/mol. The smallest absolute Gasteiger partial charge is 0.147 e. The fraction of sp³-hybridized carbons (Fsp3) is 0. The molecule has 0 atom stereocenters. The number of hydrogen-bond acceptors (Lipinski definition) is 2. The zero-order valence-corrected chi connectivity index (χ0v) is 7.42. The highest BCUT2D eigenvalue weighted by Crippen LogP contribution is 2.25. The van der Waals surface area contributed by atoms with Crippen molar-refractivity contribution in [1.29, 1.82) is 0 Å². The molecule has 0 aromatic heterocycles. The summed E-state index contributed by atoms with van der Waals surface area (Å²) < 4.78 is 13.3. The molecular formula is C6H5BrFNS. The summed E-state index contributed by atoms with van der Waals surface area (Å²) in [4.78, 5) is 0.548. The van der Waals surface area contributed by atoms with Crippen molar-refractivity contribution in [2.75, 3.05) is 5.73 Å². The molecule has 0 aliphatic carbocycles. The molecule has 1 nitrogen and oxygen atoms in total. The minimum Gasteiger partial charge on any atom is -0.396 e. The molecule has 54 valence electrons. The third kappa shape index (κ3) is 1.44. The number of anilines is 1. The van der Waals surface area contributed by atoms with Crippen molar-refractivity contribution in [3.63, 3.8) is 0 Å². The van der Waals surface area contributed by atoms with Gasteiger partial charge < -0.3 is 5.73 Å². The highest BCUT2D eigenvalue weighted by Gasteiger charge is 2.01. The lowest BCUT2D eigenvalue weighted by molar-refractivity contribution is 0.628. The van der Waals surface area contributed by atoms with E-state index in [0.29, 0.717) is 9.37 Å². The van der Waals surface area contributed by atoms with Crippen molar-refractivity contribution < 1.29 is 4.39 Å². The molecule has 0 aliphatic rings. The molecule has 0 unspecified atom stereocenters. The van der Waals surface area contributed by atoms with Crippen LogP contribution in [0.2, 0.25) is 0 Å². The summed E-state index contributed by atoms with van der Waals surface area (Å²) in [6.07, 6.45) is 0. The molecule has 0 fully saturated rings. The second-order valence-corrected chi connectivity index (χ2v) is 3.16. The molecule has 0 aliphatic heterocycles. The maximum absolute atomic E-state index is 12.6. The van der Waals surface area contributed by atoms with Crippen LogP contribution >= 0.6 is 28.6 Å². The molecule has 1 aromatic rings. The fourth-order valence-electron chi connectivity index (χ4n) is 0.552. The van der Waals surface area contributed by atoms with E-state index in [4.69, 9.17) is 5.73 Å². The van der Waals surface area contributed by atoms with Gasteiger partial charge in [0.1, 0.15) is 5.82 Å². The number of hydrogen-bond donors (Lipinski definition) is 2. The first-order valence-electron chi connectivity index (χ1n) is 2.54. The predicted molar refractivity (Wildman–Crippen MR) is 45.8 cm³/mol. The normalized spacial score (nSPS) is 9.90. The Morgan fingerprint density at radius 3 is 2.60 bits per heavy atom. The van der Waals surface area contributed by atoms with Crippen molar-refractivity contribution in [1.82, 2.24) is 0 Å². The first kappa shape index (κ1) is 7.88. The molecule has 10 heavy (non-hydrogen) atoms. The van der Waals surface area contributed by atoms with Crippen molar-refractivity contribution in [2.45, 2.75) is 4.90 Å². The molecule has 0 radical (unpaired) electrons. The average molecular weight is 222 g/mol. The Kier molecular flexibility index (Phi) is 2.21. The quantitative estimate of drug-likeness (QED) is 0.511. The second-order valence-electron chi connectivity index (χ2n) is 1.83. The lowest BCUT2D eigenvalue weighted by atomic mass is 10.3. The number of nitrogen functional groups attached to an aromatic ring is 1. The molecule has 0 spiro atoms. The van der Waals surface area contributed by atoms with E-state index < -0.39 is 5.82 Å². The predicted octanol–water partition coefficient (Wildman–Crippen LogP) is 2.46. The SMILES string of the molecule is Nc1cc(Br)c(S)cc1F. The van der Waals surface area contributed by atoms with Gasteiger partial charge in [0.15, 0.2) is 0 Å². The van der Waals surface area contributed by atoms with Crippen molar-refractivity contribution in [3.8, 4) is 0 Å². The number of halogens is 2. The highest BCUT2D eigenvalue weighted by atomic mass is 79.9. The van der Waals surface area contributed by atoms with Crippen LogP contribution in [-0.2, 0) is 0 Å². The Morgan fingerprint density at radius 1 is 1.50 bits per heavy atom. The zero-order chi connectivity index (χ0) is 7.72. The number of thiol groups is 1. The fourth-order valence-corrected chi connectivity index (χ4v) is 1.09. The van der Waals surface area contributed by atoms with E-state index in [2.05, 4.69) is 28.6 Å². The topological polar surface area (TPSA) is 26.0 Å². The van der Waals surface area contributed by atoms with Crippen LogP contribution < -0.4 is 5.73 Å². The summed E-state index contributed by atoms with van der Waals surface area (Å²) in [6.45, 7) is 0. The molecule has 0 amide bonds. The van der Waals surface area contributed by atoms with Gasteiger partial charge in [-0.15, -0.1) is 12.6 Å². The maximum atomic E-state index is 12.6. The van der Waals surface area contributed by atoms with Gasteiger partial charge in [-0.05, 0) is 28.1 Å². The van der Waals surface area contributed by atoms with Gasteiger partial charge in [-0.1, -0.05) is 0 Å². The van der Waals surface area contributed by atoms with Gasteiger partial charge in [-0.2, -0.15) is 0 Å². The maximum Gasteiger partial charge on any atom is 0.147 e. The lowest BCUT2D eigenvalue weighted by Crippen LogP contribution is -1.89. The number of benzene rings is 1. The number of rotatable bonds is 0. The summed E-state index contributed by atoms with van der Waals surface area (Å²) in [5.41, 5.74) is 5.38. The van der Waals surface area contributed by atoms with Crippen LogP contribution in [0.1, 0.15) is 0 Å². The summed E-state index contributed by atoms with van der Waals surface area (Å²) in [5, 5.41) is 0. The minimum absolute atomic E-state index is 0.129. The van der Waals surface area contributed by atoms with E-state index in [9.17, 15) is 4.39 Å². The van der Waals surface area contributed by atoms with Crippen LogP contribution in [0.3, 0.4) is 0 Å². The monoisotopic (exact) mass is 221 g/mol. The van der Waals surface area contributed by atoms with Crippen LogP contribution in [0.4, 0.5) is 10.1 Å². The van der Waals surface area contributed by atoms with Crippen LogP contribution in [-0.4, -0.2) is 0 Å². The Hall–Kier alpha value is -0.220. The van der Waals surface area contributed by atoms with E-state index in [0.717, 1.165) is 0 Å². The van der Waals surface area contributed by atoms with Crippen molar-refractivity contribution >= 4 is 34.2 Å². The van der Waals surface area contributed by atoms with Gasteiger partial charge >= 0.3 is 0 Å². The molecule has 0 heterocycles. The summed E-state index contributed by atoms with van der Waals surface area (Å²) >= 11 is 7.13. The standard InChI is InChI=1S/C6H5BrFNS/c7-3-1-5(9)4(8)2-6(3)10/h1-2,10H,9H2. The second kappa shape index (κ2) is 2.80. The molecule has 4 heteroatoms. The summed E-state index contributed by atoms with van der Waals surface area (Å²) in [7, 11) is 0. The number of nitrogens with two attached hydrogens (primary N) is 1. The summed E-state index contributed by atoms with van der Waals surface area (Å²) in [5.74, 6) is -0.437. The van der Waals surface area contributed by atoms with Gasteiger partial charge in [0.25, 0.3) is 0 Å². The van der Waals surface area contributed by atoms with E-state index in [-0.39, 0.29) is 5.69 Å². The first-order valence-corrected chi connectivity index (χ1v) is 3.79. The Balaban J connectivity index is 3.28. The van der Waals surface area contributed by atoms with Gasteiger partial charge in [0.2, 0.25) is 0 Å². The van der Waals surface area contributed by atoms with Crippen molar-refractivity contribution in [3.05, 3.63) is 22.4 Å².